The van der Waals surface area contributed by atoms with Crippen LogP contribution in [0.15, 0.2) is 22.8 Å². The minimum atomic E-state index is -1.09. The zero-order valence-electron chi connectivity index (χ0n) is 12.5. The number of hydrogen-bond donors (Lipinski definition) is 3. The minimum absolute atomic E-state index is 0.145. The van der Waals surface area contributed by atoms with E-state index < -0.39 is 23.1 Å². The molecule has 0 aliphatic heterocycles. The maximum absolute atomic E-state index is 12.0. The molecule has 20 heavy (non-hydrogen) atoms. The maximum Gasteiger partial charge on any atom is 0.287 e. The second-order valence-electron chi connectivity index (χ2n) is 5.85. The second-order valence-corrected chi connectivity index (χ2v) is 5.85. The molecule has 6 heteroatoms. The molecule has 3 N–H and O–H groups in total. The van der Waals surface area contributed by atoms with Crippen molar-refractivity contribution in [1.82, 2.24) is 10.6 Å². The molecule has 1 aromatic rings. The molecule has 1 unspecified atom stereocenters. The molecule has 6 nitrogen and oxygen atoms in total. The predicted octanol–water partition coefficient (Wildman–Crippen LogP) is 1.06. The fraction of sp³-hybridized carbons (Fsp3) is 0.571. The van der Waals surface area contributed by atoms with Crippen LogP contribution in [-0.4, -0.2) is 34.1 Å². The molecule has 2 amide bonds. The van der Waals surface area contributed by atoms with Gasteiger partial charge in [0.25, 0.3) is 5.91 Å². The number of hydrogen-bond acceptors (Lipinski definition) is 4. The van der Waals surface area contributed by atoms with E-state index in [1.54, 1.807) is 40.7 Å². The van der Waals surface area contributed by atoms with Crippen LogP contribution in [0.5, 0.6) is 0 Å². The van der Waals surface area contributed by atoms with Crippen molar-refractivity contribution in [2.45, 2.75) is 51.8 Å². The third kappa shape index (κ3) is 3.84. The van der Waals surface area contributed by atoms with Crippen LogP contribution in [0.4, 0.5) is 0 Å². The van der Waals surface area contributed by atoms with E-state index >= 15 is 0 Å². The van der Waals surface area contributed by atoms with Gasteiger partial charge >= 0.3 is 0 Å². The lowest BCUT2D eigenvalue weighted by atomic mass is 9.86. The fourth-order valence-corrected chi connectivity index (χ4v) is 1.31. The summed E-state index contributed by atoms with van der Waals surface area (Å²) < 4.78 is 4.95. The highest BCUT2D eigenvalue weighted by Crippen LogP contribution is 2.20. The van der Waals surface area contributed by atoms with Crippen molar-refractivity contribution in [3.8, 4) is 0 Å². The minimum Gasteiger partial charge on any atom is -0.459 e. The zero-order chi connectivity index (χ0) is 15.6. The lowest BCUT2D eigenvalue weighted by Crippen LogP contribution is -2.61. The van der Waals surface area contributed by atoms with Crippen molar-refractivity contribution in [2.24, 2.45) is 0 Å². The van der Waals surface area contributed by atoms with E-state index in [-0.39, 0.29) is 11.7 Å². The first-order valence-electron chi connectivity index (χ1n) is 6.43. The van der Waals surface area contributed by atoms with Crippen molar-refractivity contribution in [3.05, 3.63) is 24.2 Å². The summed E-state index contributed by atoms with van der Waals surface area (Å²) >= 11 is 0. The Bertz CT molecular complexity index is 472. The average Bonchev–Trinajstić information content (AvgIpc) is 2.79. The normalized spacial score (nSPS) is 13.7. The Morgan fingerprint density at radius 2 is 1.90 bits per heavy atom. The Hall–Kier alpha value is -1.82. The first-order chi connectivity index (χ1) is 9.04. The zero-order valence-corrected chi connectivity index (χ0v) is 12.5. The van der Waals surface area contributed by atoms with Gasteiger partial charge in [0.05, 0.1) is 17.4 Å². The highest BCUT2D eigenvalue weighted by Gasteiger charge is 2.37. The molecule has 1 rings (SSSR count). The molecule has 112 valence electrons. The molecule has 0 saturated carbocycles. The molecular formula is C14H22N2O4. The van der Waals surface area contributed by atoms with Gasteiger partial charge < -0.3 is 20.2 Å². The molecule has 0 fully saturated rings. The van der Waals surface area contributed by atoms with Crippen LogP contribution in [0, 0.1) is 0 Å². The molecule has 1 atom stereocenters. The molecule has 0 aromatic carbocycles. The number of carbonyl (C=O) groups excluding carboxylic acids is 2. The van der Waals surface area contributed by atoms with Crippen LogP contribution in [0.25, 0.3) is 0 Å². The highest BCUT2D eigenvalue weighted by molar-refractivity contribution is 5.95. The number of furan rings is 1. The van der Waals surface area contributed by atoms with Gasteiger partial charge in [-0.2, -0.15) is 0 Å². The van der Waals surface area contributed by atoms with Crippen LogP contribution >= 0.6 is 0 Å². The Balaban J connectivity index is 2.62. The highest BCUT2D eigenvalue weighted by atomic mass is 16.3. The van der Waals surface area contributed by atoms with E-state index in [0.717, 1.165) is 0 Å². The summed E-state index contributed by atoms with van der Waals surface area (Å²) in [6.07, 6.45) is 1.39. The lowest BCUT2D eigenvalue weighted by molar-refractivity contribution is -0.127. The van der Waals surface area contributed by atoms with Crippen LogP contribution in [0.3, 0.4) is 0 Å². The van der Waals surface area contributed by atoms with Gasteiger partial charge in [-0.05, 0) is 46.8 Å². The van der Waals surface area contributed by atoms with Gasteiger partial charge in [-0.3, -0.25) is 9.59 Å². The van der Waals surface area contributed by atoms with Gasteiger partial charge in [0.2, 0.25) is 5.91 Å². The number of nitrogens with one attached hydrogen (secondary N) is 2. The summed E-state index contributed by atoms with van der Waals surface area (Å²) in [5.74, 6) is -0.692. The molecule has 0 saturated heterocycles. The van der Waals surface area contributed by atoms with Crippen LogP contribution in [0.1, 0.15) is 45.2 Å². The Kier molecular flexibility index (Phi) is 4.60. The van der Waals surface area contributed by atoms with Crippen molar-refractivity contribution in [3.63, 3.8) is 0 Å². The SMILES string of the molecule is CC(NC(=O)c1ccco1)C(=O)NC(C)(C)C(C)(C)O. The second kappa shape index (κ2) is 5.66. The largest absolute Gasteiger partial charge is 0.459 e. The van der Waals surface area contributed by atoms with Gasteiger partial charge in [-0.15, -0.1) is 0 Å². The molecule has 1 heterocycles. The quantitative estimate of drug-likeness (QED) is 0.753. The van der Waals surface area contributed by atoms with Gasteiger partial charge in [0.15, 0.2) is 5.76 Å². The monoisotopic (exact) mass is 282 g/mol. The standard InChI is InChI=1S/C14H22N2O4/c1-9(15-12(18)10-7-6-8-20-10)11(17)16-13(2,3)14(4,5)19/h6-9,19H,1-5H3,(H,15,18)(H,16,17). The molecule has 0 spiro atoms. The van der Waals surface area contributed by atoms with Gasteiger partial charge in [0, 0.05) is 0 Å². The van der Waals surface area contributed by atoms with Gasteiger partial charge in [-0.1, -0.05) is 0 Å². The van der Waals surface area contributed by atoms with Crippen molar-refractivity contribution in [2.75, 3.05) is 0 Å². The molecular weight excluding hydrogens is 260 g/mol. The van der Waals surface area contributed by atoms with Crippen LogP contribution in [0.2, 0.25) is 0 Å². The van der Waals surface area contributed by atoms with Crippen LogP contribution in [-0.2, 0) is 4.79 Å². The van der Waals surface area contributed by atoms with E-state index in [4.69, 9.17) is 4.42 Å². The molecule has 0 aliphatic carbocycles. The maximum atomic E-state index is 12.0. The van der Waals surface area contributed by atoms with Crippen LogP contribution < -0.4 is 10.6 Å². The summed E-state index contributed by atoms with van der Waals surface area (Å²) in [6.45, 7) is 8.22. The smallest absolute Gasteiger partial charge is 0.287 e. The number of amides is 2. The predicted molar refractivity (Wildman–Crippen MR) is 74.2 cm³/mol. The van der Waals surface area contributed by atoms with Gasteiger partial charge in [0.1, 0.15) is 6.04 Å². The van der Waals surface area contributed by atoms with E-state index in [9.17, 15) is 14.7 Å². The summed E-state index contributed by atoms with van der Waals surface area (Å²) in [7, 11) is 0. The molecule has 0 radical (unpaired) electrons. The molecule has 0 aliphatic rings. The van der Waals surface area contributed by atoms with E-state index in [1.165, 1.54) is 12.3 Å². The van der Waals surface area contributed by atoms with E-state index in [1.807, 2.05) is 0 Å². The first kappa shape index (κ1) is 16.2. The Morgan fingerprint density at radius 1 is 1.30 bits per heavy atom. The Labute approximate surface area is 118 Å². The lowest BCUT2D eigenvalue weighted by Gasteiger charge is -2.38. The summed E-state index contributed by atoms with van der Waals surface area (Å²) in [5.41, 5.74) is -1.92. The number of rotatable bonds is 5. The van der Waals surface area contributed by atoms with Crippen molar-refractivity contribution < 1.29 is 19.1 Å². The Morgan fingerprint density at radius 3 is 2.35 bits per heavy atom. The molecule has 0 bridgehead atoms. The molecule has 1 aromatic heterocycles. The number of carbonyl (C=O) groups is 2. The third-order valence-electron chi connectivity index (χ3n) is 3.45. The van der Waals surface area contributed by atoms with Gasteiger partial charge in [-0.25, -0.2) is 0 Å². The van der Waals surface area contributed by atoms with Crippen molar-refractivity contribution in [1.29, 1.82) is 0 Å². The fourth-order valence-electron chi connectivity index (χ4n) is 1.31. The first-order valence-corrected chi connectivity index (χ1v) is 6.43. The average molecular weight is 282 g/mol. The third-order valence-corrected chi connectivity index (χ3v) is 3.45. The van der Waals surface area contributed by atoms with Crippen molar-refractivity contribution >= 4 is 11.8 Å². The summed E-state index contributed by atoms with van der Waals surface area (Å²) in [6, 6.07) is 2.37. The summed E-state index contributed by atoms with van der Waals surface area (Å²) in [5, 5.41) is 15.2. The van der Waals surface area contributed by atoms with E-state index in [0.29, 0.717) is 0 Å². The number of aliphatic hydroxyl groups is 1. The topological polar surface area (TPSA) is 91.6 Å². The summed E-state index contributed by atoms with van der Waals surface area (Å²) in [4.78, 5) is 23.8. The van der Waals surface area contributed by atoms with E-state index in [2.05, 4.69) is 10.6 Å².